The molecule has 0 atom stereocenters. The molecule has 1 amide bonds. The van der Waals surface area contributed by atoms with Gasteiger partial charge >= 0.3 is 0 Å². The first-order valence-electron chi connectivity index (χ1n) is 8.08. The van der Waals surface area contributed by atoms with Crippen molar-refractivity contribution in [2.75, 3.05) is 12.4 Å². The van der Waals surface area contributed by atoms with Gasteiger partial charge < -0.3 is 10.1 Å². The highest BCUT2D eigenvalue weighted by molar-refractivity contribution is 5.99. The second kappa shape index (κ2) is 6.63. The average Bonchev–Trinajstić information content (AvgIpc) is 2.54. The number of aromatic nitrogens is 1. The van der Waals surface area contributed by atoms with Crippen LogP contribution in [0, 0.1) is 0 Å². The van der Waals surface area contributed by atoms with Crippen molar-refractivity contribution in [3.05, 3.63) is 53.9 Å². The fourth-order valence-corrected chi connectivity index (χ4v) is 2.49. The number of benzene rings is 1. The number of carbonyl (C=O) groups is 1. The van der Waals surface area contributed by atoms with Crippen molar-refractivity contribution in [1.29, 1.82) is 0 Å². The predicted octanol–water partition coefficient (Wildman–Crippen LogP) is 4.30. The van der Waals surface area contributed by atoms with Crippen molar-refractivity contribution < 1.29 is 9.53 Å². The number of carbonyl (C=O) groups excluding carboxylic acids is 1. The van der Waals surface area contributed by atoms with Gasteiger partial charge in [0.25, 0.3) is 0 Å². The Balaban J connectivity index is 2.29. The number of amides is 1. The molecular weight excluding hydrogens is 300 g/mol. The summed E-state index contributed by atoms with van der Waals surface area (Å²) in [5.74, 6) is 0.626. The van der Waals surface area contributed by atoms with Crippen LogP contribution in [0.2, 0.25) is 0 Å². The van der Waals surface area contributed by atoms with E-state index in [9.17, 15) is 4.79 Å². The molecule has 2 rings (SSSR count). The highest BCUT2D eigenvalue weighted by atomic mass is 16.5. The van der Waals surface area contributed by atoms with Gasteiger partial charge in [0.05, 0.1) is 12.5 Å². The highest BCUT2D eigenvalue weighted by Gasteiger charge is 2.32. The first-order chi connectivity index (χ1) is 11.2. The minimum atomic E-state index is -0.724. The van der Waals surface area contributed by atoms with Gasteiger partial charge in [0.15, 0.2) is 0 Å². The average molecular weight is 326 g/mol. The summed E-state index contributed by atoms with van der Waals surface area (Å²) in [6.07, 6.45) is 1.73. The fourth-order valence-electron chi connectivity index (χ4n) is 2.49. The summed E-state index contributed by atoms with van der Waals surface area (Å²) in [5, 5.41) is 3.01. The Kier molecular flexibility index (Phi) is 4.97. The fraction of sp³-hybridized carbons (Fsp3) is 0.400. The molecule has 0 aliphatic rings. The van der Waals surface area contributed by atoms with E-state index in [0.29, 0.717) is 5.75 Å². The summed E-state index contributed by atoms with van der Waals surface area (Å²) in [5.41, 5.74) is 1.75. The number of nitrogens with zero attached hydrogens (tertiary/aromatic N) is 1. The van der Waals surface area contributed by atoms with Crippen LogP contribution in [-0.4, -0.2) is 18.0 Å². The monoisotopic (exact) mass is 326 g/mol. The topological polar surface area (TPSA) is 51.2 Å². The minimum Gasteiger partial charge on any atom is -0.496 e. The molecular formula is C20H26N2O2. The Morgan fingerprint density at radius 2 is 1.75 bits per heavy atom. The van der Waals surface area contributed by atoms with Crippen molar-refractivity contribution in [3.63, 3.8) is 0 Å². The lowest BCUT2D eigenvalue weighted by molar-refractivity contribution is -0.120. The van der Waals surface area contributed by atoms with E-state index in [1.54, 1.807) is 13.3 Å². The Morgan fingerprint density at radius 1 is 1.08 bits per heavy atom. The van der Waals surface area contributed by atoms with E-state index in [1.165, 1.54) is 0 Å². The Labute approximate surface area is 144 Å². The smallest absolute Gasteiger partial charge is 0.234 e. The third-order valence-electron chi connectivity index (χ3n) is 4.13. The number of anilines is 1. The molecule has 0 unspecified atom stereocenters. The van der Waals surface area contributed by atoms with Gasteiger partial charge in [0, 0.05) is 28.6 Å². The summed E-state index contributed by atoms with van der Waals surface area (Å²) < 4.78 is 5.41. The quantitative estimate of drug-likeness (QED) is 0.911. The third-order valence-corrected chi connectivity index (χ3v) is 4.13. The number of rotatable bonds is 4. The van der Waals surface area contributed by atoms with E-state index < -0.39 is 5.41 Å². The Hall–Kier alpha value is -2.36. The van der Waals surface area contributed by atoms with Crippen LogP contribution in [-0.2, 0) is 15.6 Å². The largest absolute Gasteiger partial charge is 0.496 e. The first kappa shape index (κ1) is 18.0. The summed E-state index contributed by atoms with van der Waals surface area (Å²) in [7, 11) is 1.62. The highest BCUT2D eigenvalue weighted by Crippen LogP contribution is 2.32. The second-order valence-electron chi connectivity index (χ2n) is 7.46. The number of hydrogen-bond acceptors (Lipinski definition) is 3. The lowest BCUT2D eigenvalue weighted by Crippen LogP contribution is -2.35. The molecule has 1 N–H and O–H groups in total. The van der Waals surface area contributed by atoms with E-state index >= 15 is 0 Å². The molecule has 4 nitrogen and oxygen atoms in total. The zero-order valence-corrected chi connectivity index (χ0v) is 15.3. The lowest BCUT2D eigenvalue weighted by Gasteiger charge is -2.26. The van der Waals surface area contributed by atoms with Crippen molar-refractivity contribution in [3.8, 4) is 5.75 Å². The van der Waals surface area contributed by atoms with Crippen molar-refractivity contribution in [2.24, 2.45) is 0 Å². The molecule has 1 aromatic heterocycles. The van der Waals surface area contributed by atoms with Crippen LogP contribution in [0.5, 0.6) is 5.75 Å². The van der Waals surface area contributed by atoms with E-state index in [1.807, 2.05) is 50.2 Å². The maximum absolute atomic E-state index is 12.9. The molecule has 0 bridgehead atoms. The van der Waals surface area contributed by atoms with Crippen molar-refractivity contribution in [1.82, 2.24) is 4.98 Å². The zero-order chi connectivity index (χ0) is 18.0. The molecule has 128 valence electrons. The Morgan fingerprint density at radius 3 is 2.38 bits per heavy atom. The summed E-state index contributed by atoms with van der Waals surface area (Å²) in [4.78, 5) is 17.3. The normalized spacial score (nSPS) is 11.9. The first-order valence-corrected chi connectivity index (χ1v) is 8.08. The minimum absolute atomic E-state index is 0.0705. The zero-order valence-electron chi connectivity index (χ0n) is 15.3. The molecule has 2 aromatic rings. The SMILES string of the molecule is COc1ccccc1C(C)(C)C(=O)Nc1ccnc(C(C)(C)C)c1. The van der Waals surface area contributed by atoms with Gasteiger partial charge in [0.2, 0.25) is 5.91 Å². The van der Waals surface area contributed by atoms with Crippen molar-refractivity contribution >= 4 is 11.6 Å². The molecule has 0 spiro atoms. The summed E-state index contributed by atoms with van der Waals surface area (Å²) >= 11 is 0. The maximum Gasteiger partial charge on any atom is 0.234 e. The lowest BCUT2D eigenvalue weighted by atomic mass is 9.83. The molecule has 0 saturated carbocycles. The van der Waals surface area contributed by atoms with Gasteiger partial charge in [-0.25, -0.2) is 0 Å². The second-order valence-corrected chi connectivity index (χ2v) is 7.46. The van der Waals surface area contributed by atoms with Gasteiger partial charge in [-0.2, -0.15) is 0 Å². The van der Waals surface area contributed by atoms with Crippen LogP contribution < -0.4 is 10.1 Å². The van der Waals surface area contributed by atoms with Crippen molar-refractivity contribution in [2.45, 2.75) is 45.4 Å². The van der Waals surface area contributed by atoms with Gasteiger partial charge in [-0.05, 0) is 32.0 Å². The molecule has 0 aliphatic carbocycles. The molecule has 0 saturated heterocycles. The summed E-state index contributed by atoms with van der Waals surface area (Å²) in [6.45, 7) is 10.1. The van der Waals surface area contributed by atoms with Crippen LogP contribution in [0.25, 0.3) is 0 Å². The van der Waals surface area contributed by atoms with Crippen LogP contribution in [0.4, 0.5) is 5.69 Å². The van der Waals surface area contributed by atoms with Gasteiger partial charge in [-0.15, -0.1) is 0 Å². The predicted molar refractivity (Wildman–Crippen MR) is 97.6 cm³/mol. The molecule has 4 heteroatoms. The van der Waals surface area contributed by atoms with E-state index in [-0.39, 0.29) is 11.3 Å². The van der Waals surface area contributed by atoms with E-state index in [2.05, 4.69) is 31.1 Å². The van der Waals surface area contributed by atoms with Crippen LogP contribution in [0.1, 0.15) is 45.9 Å². The van der Waals surface area contributed by atoms with Gasteiger partial charge in [0.1, 0.15) is 5.75 Å². The van der Waals surface area contributed by atoms with Crippen LogP contribution >= 0.6 is 0 Å². The van der Waals surface area contributed by atoms with Crippen LogP contribution in [0.3, 0.4) is 0 Å². The maximum atomic E-state index is 12.9. The molecule has 0 aliphatic heterocycles. The number of pyridine rings is 1. The third kappa shape index (κ3) is 3.75. The van der Waals surface area contributed by atoms with E-state index in [4.69, 9.17) is 4.74 Å². The molecule has 24 heavy (non-hydrogen) atoms. The van der Waals surface area contributed by atoms with Gasteiger partial charge in [-0.1, -0.05) is 39.0 Å². The number of methoxy groups -OCH3 is 1. The van der Waals surface area contributed by atoms with E-state index in [0.717, 1.165) is 16.9 Å². The number of para-hydroxylation sites is 1. The Bertz CT molecular complexity index is 730. The molecule has 0 fully saturated rings. The number of nitrogens with one attached hydrogen (secondary N) is 1. The standard InChI is InChI=1S/C20H26N2O2/c1-19(2,3)17-13-14(11-12-21-17)22-18(23)20(4,5)15-9-7-8-10-16(15)24-6/h7-13H,1-6H3,(H,21,22,23). The van der Waals surface area contributed by atoms with Gasteiger partial charge in [-0.3, -0.25) is 9.78 Å². The summed E-state index contributed by atoms with van der Waals surface area (Å²) in [6, 6.07) is 11.3. The number of hydrogen-bond donors (Lipinski definition) is 1. The number of ether oxygens (including phenoxy) is 1. The molecule has 1 aromatic carbocycles. The molecule has 0 radical (unpaired) electrons. The molecule has 1 heterocycles. The van der Waals surface area contributed by atoms with Crippen LogP contribution in [0.15, 0.2) is 42.6 Å².